The molecule has 0 spiro atoms. The topological polar surface area (TPSA) is 70.7 Å². The van der Waals surface area contributed by atoms with E-state index in [4.69, 9.17) is 4.74 Å². The zero-order chi connectivity index (χ0) is 28.5. The number of hydrogen-bond donors (Lipinski definition) is 1. The van der Waals surface area contributed by atoms with Crippen LogP contribution in [0.3, 0.4) is 0 Å². The summed E-state index contributed by atoms with van der Waals surface area (Å²) < 4.78 is 42.5. The fourth-order valence-electron chi connectivity index (χ4n) is 5.74. The number of anilines is 1. The quantitative estimate of drug-likeness (QED) is 0.211. The molecule has 8 heteroatoms. The number of aromatic nitrogens is 1. The second kappa shape index (κ2) is 11.5. The molecule has 5 rings (SSSR count). The maximum absolute atomic E-state index is 11.4. The molecule has 1 aliphatic heterocycles. The monoisotopic (exact) mass is 625 g/mol. The van der Waals surface area contributed by atoms with E-state index in [9.17, 15) is 13.0 Å². The van der Waals surface area contributed by atoms with Crippen LogP contribution in [0, 0.1) is 5.41 Å². The predicted octanol–water partition coefficient (Wildman–Crippen LogP) is 5.25. The molecule has 40 heavy (non-hydrogen) atoms. The maximum atomic E-state index is 11.4. The van der Waals surface area contributed by atoms with E-state index >= 15 is 0 Å². The molecule has 0 bridgehead atoms. The summed E-state index contributed by atoms with van der Waals surface area (Å²) in [5.74, 6) is 0.631. The predicted molar refractivity (Wildman–Crippen MR) is 164 cm³/mol. The van der Waals surface area contributed by atoms with Crippen LogP contribution in [0.2, 0.25) is 0 Å². The fourth-order valence-corrected chi connectivity index (χ4v) is 8.72. The van der Waals surface area contributed by atoms with Gasteiger partial charge in [0.2, 0.25) is 0 Å². The molecule has 6 nitrogen and oxygen atoms in total. The van der Waals surface area contributed by atoms with Crippen LogP contribution in [0.1, 0.15) is 45.7 Å². The number of rotatable bonds is 8. The van der Waals surface area contributed by atoms with Crippen molar-refractivity contribution in [2.24, 2.45) is 5.41 Å². The first-order chi connectivity index (χ1) is 19.0. The van der Waals surface area contributed by atoms with E-state index < -0.39 is 10.1 Å². The molecule has 1 N–H and O–H groups in total. The Morgan fingerprint density at radius 1 is 1.10 bits per heavy atom. The summed E-state index contributed by atoms with van der Waals surface area (Å²) in [6, 6.07) is 18.8. The van der Waals surface area contributed by atoms with Gasteiger partial charge in [-0.1, -0.05) is 0 Å². The molecule has 0 atom stereocenters. The van der Waals surface area contributed by atoms with Crippen molar-refractivity contribution in [3.05, 3.63) is 88.2 Å². The molecule has 3 aromatic rings. The second-order valence-electron chi connectivity index (χ2n) is 11.2. The van der Waals surface area contributed by atoms with Crippen molar-refractivity contribution in [2.75, 3.05) is 24.3 Å². The van der Waals surface area contributed by atoms with E-state index in [0.717, 1.165) is 41.7 Å². The number of hydrogen-bond acceptors (Lipinski definition) is 4. The van der Waals surface area contributed by atoms with E-state index in [1.165, 1.54) is 25.9 Å². The van der Waals surface area contributed by atoms with Gasteiger partial charge in [-0.25, -0.2) is 0 Å². The zero-order valence-corrected chi connectivity index (χ0v) is 26.1. The van der Waals surface area contributed by atoms with Crippen LogP contribution < -0.4 is 18.7 Å². The summed E-state index contributed by atoms with van der Waals surface area (Å²) in [4.78, 5) is 2.41. The second-order valence-corrected chi connectivity index (χ2v) is 15.0. The number of nitrogens with zero attached hydrogens (tertiary/aromatic N) is 2. The normalized spacial score (nSPS) is 18.8. The number of pyridine rings is 1. The number of benzene rings is 2. The Bertz CT molecular complexity index is 1640. The van der Waals surface area contributed by atoms with Gasteiger partial charge in [-0.05, 0) is 0 Å². The number of para-hydroxylation sites is 1. The van der Waals surface area contributed by atoms with Crippen LogP contribution in [0.15, 0.2) is 82.5 Å². The molecule has 0 unspecified atom stereocenters. The Labute approximate surface area is 244 Å². The van der Waals surface area contributed by atoms with Gasteiger partial charge in [0.15, 0.2) is 0 Å². The molecule has 2 aromatic carbocycles. The van der Waals surface area contributed by atoms with Gasteiger partial charge in [-0.2, -0.15) is 8.42 Å². The molecular formula is C32H37N2O4SSe+. The zero-order valence-electron chi connectivity index (χ0n) is 23.6. The van der Waals surface area contributed by atoms with Crippen LogP contribution in [0.4, 0.5) is 5.69 Å². The Hall–Kier alpha value is -2.90. The summed E-state index contributed by atoms with van der Waals surface area (Å²) in [6.07, 6.45) is 9.28. The molecule has 0 radical (unpaired) electrons. The van der Waals surface area contributed by atoms with Crippen LogP contribution in [-0.4, -0.2) is 47.3 Å². The van der Waals surface area contributed by atoms with Crippen molar-refractivity contribution in [3.63, 3.8) is 0 Å². The van der Waals surface area contributed by atoms with Crippen molar-refractivity contribution >= 4 is 52.2 Å². The third-order valence-electron chi connectivity index (χ3n) is 7.39. The number of allylic oxidation sites excluding steroid dienone is 4. The van der Waals surface area contributed by atoms with Gasteiger partial charge < -0.3 is 0 Å². The van der Waals surface area contributed by atoms with Gasteiger partial charge in [0.25, 0.3) is 0 Å². The Kier molecular flexibility index (Phi) is 8.25. The fraction of sp³-hybridized carbons (Fsp3) is 0.344. The Balaban J connectivity index is 1.52. The molecule has 1 aromatic heterocycles. The van der Waals surface area contributed by atoms with Gasteiger partial charge in [0.1, 0.15) is 0 Å². The third-order valence-corrected chi connectivity index (χ3v) is 10.5. The molecule has 0 amide bonds. The SMILES string of the molecule is CCN1C(=CC2=CC(=Cc3ccc4ccccc4[n+]3CCCS(=O)(=O)O)CC(C)(C)C2)[Se]c2ccc(OC)cc21. The van der Waals surface area contributed by atoms with Crippen LogP contribution in [0.5, 0.6) is 5.75 Å². The first-order valence-electron chi connectivity index (χ1n) is 13.7. The standard InChI is InChI=1S/C32H36N2O4SSe/c1-5-33-29-20-27(38-4)13-14-30(29)40-31(33)19-24-17-23(21-32(2,3)22-24)18-26-12-11-25-9-6-7-10-28(25)34(26)15-8-16-39(35,36)37/h6-7,9-14,17-20H,5,8,15-16,21-22H2,1-4H3/p+1. The van der Waals surface area contributed by atoms with Crippen LogP contribution in [0.25, 0.3) is 17.0 Å². The molecule has 0 saturated carbocycles. The number of methoxy groups -OCH3 is 1. The first kappa shape index (κ1) is 28.6. The summed E-state index contributed by atoms with van der Waals surface area (Å²) in [7, 11) is -2.29. The van der Waals surface area contributed by atoms with Gasteiger partial charge in [0.05, 0.1) is 0 Å². The molecule has 210 valence electrons. The number of aryl methyl sites for hydroxylation is 1. The van der Waals surface area contributed by atoms with Crippen LogP contribution >= 0.6 is 0 Å². The van der Waals surface area contributed by atoms with E-state index in [1.54, 1.807) is 7.11 Å². The van der Waals surface area contributed by atoms with Crippen molar-refractivity contribution in [1.29, 1.82) is 0 Å². The molecular weight excluding hydrogens is 587 g/mol. The van der Waals surface area contributed by atoms with Gasteiger partial charge >= 0.3 is 232 Å². The van der Waals surface area contributed by atoms with E-state index in [1.807, 2.05) is 12.1 Å². The minimum atomic E-state index is -4.01. The van der Waals surface area contributed by atoms with Crippen LogP contribution in [-0.2, 0) is 16.7 Å². The molecule has 0 saturated heterocycles. The summed E-state index contributed by atoms with van der Waals surface area (Å²) >= 11 is 0.234. The minimum absolute atomic E-state index is 0.109. The molecule has 2 heterocycles. The average molecular weight is 625 g/mol. The van der Waals surface area contributed by atoms with Gasteiger partial charge in [0, 0.05) is 0 Å². The molecule has 0 fully saturated rings. The summed E-state index contributed by atoms with van der Waals surface area (Å²) in [5.41, 5.74) is 6.03. The summed E-state index contributed by atoms with van der Waals surface area (Å²) in [6.45, 7) is 8.26. The van der Waals surface area contributed by atoms with Crippen molar-refractivity contribution < 1.29 is 22.3 Å². The van der Waals surface area contributed by atoms with E-state index in [0.29, 0.717) is 13.0 Å². The van der Waals surface area contributed by atoms with Gasteiger partial charge in [-0.3, -0.25) is 4.55 Å². The Morgan fingerprint density at radius 2 is 1.90 bits per heavy atom. The summed E-state index contributed by atoms with van der Waals surface area (Å²) in [5, 5.41) is 1.10. The third kappa shape index (κ3) is 6.52. The molecule has 1 aliphatic carbocycles. The number of fused-ring (bicyclic) bond motifs is 2. The average Bonchev–Trinajstić information content (AvgIpc) is 3.23. The Morgan fingerprint density at radius 3 is 2.65 bits per heavy atom. The van der Waals surface area contributed by atoms with E-state index in [-0.39, 0.29) is 26.1 Å². The van der Waals surface area contributed by atoms with E-state index in [2.05, 4.69) is 90.9 Å². The van der Waals surface area contributed by atoms with Crippen molar-refractivity contribution in [1.82, 2.24) is 0 Å². The molecule has 2 aliphatic rings. The van der Waals surface area contributed by atoms with Crippen molar-refractivity contribution in [3.8, 4) is 5.75 Å². The van der Waals surface area contributed by atoms with Crippen molar-refractivity contribution in [2.45, 2.75) is 46.6 Å². The van der Waals surface area contributed by atoms with Gasteiger partial charge in [-0.15, -0.1) is 0 Å². The first-order valence-corrected chi connectivity index (χ1v) is 17.0. The number of ether oxygens (including phenoxy) is 1.